The Labute approximate surface area is 106 Å². The summed E-state index contributed by atoms with van der Waals surface area (Å²) in [7, 11) is 1.92. The van der Waals surface area contributed by atoms with Gasteiger partial charge in [0.15, 0.2) is 0 Å². The van der Waals surface area contributed by atoms with E-state index in [1.54, 1.807) is 0 Å². The molecule has 17 heavy (non-hydrogen) atoms. The van der Waals surface area contributed by atoms with E-state index in [0.717, 1.165) is 31.4 Å². The van der Waals surface area contributed by atoms with Crippen LogP contribution in [0.25, 0.3) is 0 Å². The second-order valence-electron chi connectivity index (χ2n) is 4.29. The Morgan fingerprint density at radius 3 is 2.88 bits per heavy atom. The van der Waals surface area contributed by atoms with Crippen LogP contribution in [0, 0.1) is 0 Å². The molecule has 0 aromatic heterocycles. The van der Waals surface area contributed by atoms with Crippen molar-refractivity contribution in [2.45, 2.75) is 43.0 Å². The zero-order chi connectivity index (χ0) is 12.7. The average Bonchev–Trinajstić information content (AvgIpc) is 2.67. The van der Waals surface area contributed by atoms with Crippen molar-refractivity contribution in [2.24, 2.45) is 5.73 Å². The molecule has 1 fully saturated rings. The Hall–Kier alpha value is -0.750. The maximum Gasteiger partial charge on any atom is 0.217 e. The molecule has 0 bridgehead atoms. The van der Waals surface area contributed by atoms with Crippen molar-refractivity contribution in [2.75, 3.05) is 12.8 Å². The second kappa shape index (κ2) is 7.55. The predicted molar refractivity (Wildman–Crippen MR) is 69.7 cm³/mol. The molecule has 1 rings (SSSR count). The van der Waals surface area contributed by atoms with Crippen LogP contribution < -0.4 is 16.4 Å². The summed E-state index contributed by atoms with van der Waals surface area (Å²) in [4.78, 5) is 21.1. The van der Waals surface area contributed by atoms with Gasteiger partial charge in [0.25, 0.3) is 0 Å². The van der Waals surface area contributed by atoms with Gasteiger partial charge in [-0.2, -0.15) is 11.8 Å². The SMILES string of the molecule is CNC1C(NC=O)CSC1CCCCC(N)=O. The molecule has 0 saturated carbocycles. The highest BCUT2D eigenvalue weighted by Crippen LogP contribution is 2.30. The summed E-state index contributed by atoms with van der Waals surface area (Å²) in [5, 5.41) is 6.62. The number of unbranched alkanes of at least 4 members (excludes halogenated alkanes) is 1. The molecular weight excluding hydrogens is 238 g/mol. The number of likely N-dealkylation sites (N-methyl/N-ethyl adjacent to an activating group) is 1. The van der Waals surface area contributed by atoms with Crippen LogP contribution in [0.4, 0.5) is 0 Å². The van der Waals surface area contributed by atoms with E-state index < -0.39 is 0 Å². The highest BCUT2D eigenvalue weighted by atomic mass is 32.2. The zero-order valence-corrected chi connectivity index (χ0v) is 11.0. The topological polar surface area (TPSA) is 84.2 Å². The van der Waals surface area contributed by atoms with Crippen molar-refractivity contribution >= 4 is 24.1 Å². The third-order valence-electron chi connectivity index (χ3n) is 3.10. The molecule has 3 atom stereocenters. The highest BCUT2D eigenvalue weighted by Gasteiger charge is 2.34. The van der Waals surface area contributed by atoms with Gasteiger partial charge >= 0.3 is 0 Å². The first-order chi connectivity index (χ1) is 8.19. The zero-order valence-electron chi connectivity index (χ0n) is 10.1. The van der Waals surface area contributed by atoms with E-state index in [1.165, 1.54) is 0 Å². The molecule has 0 radical (unpaired) electrons. The molecule has 4 N–H and O–H groups in total. The maximum atomic E-state index is 10.6. The lowest BCUT2D eigenvalue weighted by Gasteiger charge is -2.22. The Kier molecular flexibility index (Phi) is 6.36. The van der Waals surface area contributed by atoms with Gasteiger partial charge in [-0.3, -0.25) is 9.59 Å². The summed E-state index contributed by atoms with van der Waals surface area (Å²) in [6, 6.07) is 0.530. The number of nitrogens with two attached hydrogens (primary N) is 1. The number of carbonyl (C=O) groups is 2. The molecule has 0 spiro atoms. The monoisotopic (exact) mass is 259 g/mol. The number of primary amides is 1. The molecule has 1 saturated heterocycles. The van der Waals surface area contributed by atoms with Crippen LogP contribution in [-0.4, -0.2) is 42.5 Å². The summed E-state index contributed by atoms with van der Waals surface area (Å²) < 4.78 is 0. The van der Waals surface area contributed by atoms with Crippen LogP contribution in [0.5, 0.6) is 0 Å². The minimum absolute atomic E-state index is 0.212. The Bertz CT molecular complexity index is 263. The number of thioether (sulfide) groups is 1. The van der Waals surface area contributed by atoms with E-state index in [-0.39, 0.29) is 11.9 Å². The molecule has 3 unspecified atom stereocenters. The van der Waals surface area contributed by atoms with Gasteiger partial charge in [-0.25, -0.2) is 0 Å². The normalized spacial score (nSPS) is 27.9. The highest BCUT2D eigenvalue weighted by molar-refractivity contribution is 8.00. The predicted octanol–water partition coefficient (Wildman–Crippen LogP) is -0.150. The second-order valence-corrected chi connectivity index (χ2v) is 5.56. The van der Waals surface area contributed by atoms with E-state index in [0.29, 0.717) is 17.7 Å². The van der Waals surface area contributed by atoms with Gasteiger partial charge in [0, 0.05) is 23.5 Å². The molecule has 1 heterocycles. The average molecular weight is 259 g/mol. The van der Waals surface area contributed by atoms with Crippen LogP contribution in [-0.2, 0) is 9.59 Å². The van der Waals surface area contributed by atoms with Gasteiger partial charge in [-0.15, -0.1) is 0 Å². The molecule has 98 valence electrons. The van der Waals surface area contributed by atoms with E-state index in [9.17, 15) is 9.59 Å². The molecule has 1 aliphatic heterocycles. The number of rotatable bonds is 8. The van der Waals surface area contributed by atoms with Crippen LogP contribution in [0.2, 0.25) is 0 Å². The van der Waals surface area contributed by atoms with Crippen molar-refractivity contribution in [3.05, 3.63) is 0 Å². The Morgan fingerprint density at radius 1 is 1.53 bits per heavy atom. The van der Waals surface area contributed by atoms with E-state index >= 15 is 0 Å². The first-order valence-corrected chi connectivity index (χ1v) is 7.00. The number of hydrogen-bond acceptors (Lipinski definition) is 4. The van der Waals surface area contributed by atoms with E-state index in [1.807, 2.05) is 18.8 Å². The van der Waals surface area contributed by atoms with Crippen molar-refractivity contribution in [1.82, 2.24) is 10.6 Å². The minimum atomic E-state index is -0.227. The number of nitrogens with one attached hydrogen (secondary N) is 2. The summed E-state index contributed by atoms with van der Waals surface area (Å²) >= 11 is 1.88. The van der Waals surface area contributed by atoms with Crippen LogP contribution in [0.1, 0.15) is 25.7 Å². The van der Waals surface area contributed by atoms with Gasteiger partial charge < -0.3 is 16.4 Å². The Balaban J connectivity index is 2.28. The number of hydrogen-bond donors (Lipinski definition) is 3. The number of amides is 2. The van der Waals surface area contributed by atoms with Crippen LogP contribution in [0.3, 0.4) is 0 Å². The fourth-order valence-electron chi connectivity index (χ4n) is 2.23. The van der Waals surface area contributed by atoms with E-state index in [4.69, 9.17) is 5.73 Å². The fourth-order valence-corrected chi connectivity index (χ4v) is 3.85. The van der Waals surface area contributed by atoms with Gasteiger partial charge in [0.2, 0.25) is 12.3 Å². The molecule has 0 aromatic rings. The Morgan fingerprint density at radius 2 is 2.29 bits per heavy atom. The third kappa shape index (κ3) is 4.55. The summed E-state index contributed by atoms with van der Waals surface area (Å²) in [6.45, 7) is 0. The van der Waals surface area contributed by atoms with Gasteiger partial charge in [0.1, 0.15) is 0 Å². The first-order valence-electron chi connectivity index (χ1n) is 5.96. The van der Waals surface area contributed by atoms with Crippen LogP contribution in [0.15, 0.2) is 0 Å². The minimum Gasteiger partial charge on any atom is -0.370 e. The molecule has 5 nitrogen and oxygen atoms in total. The van der Waals surface area contributed by atoms with Crippen LogP contribution >= 0.6 is 11.8 Å². The van der Waals surface area contributed by atoms with Gasteiger partial charge in [-0.1, -0.05) is 6.42 Å². The quantitative estimate of drug-likeness (QED) is 0.418. The molecular formula is C11H21N3O2S. The lowest BCUT2D eigenvalue weighted by Crippen LogP contribution is -2.48. The lowest BCUT2D eigenvalue weighted by molar-refractivity contribution is -0.118. The van der Waals surface area contributed by atoms with Crippen molar-refractivity contribution in [3.8, 4) is 0 Å². The standard InChI is InChI=1S/C11H21N3O2S/c1-13-11-8(14-7-15)6-17-9(11)4-2-3-5-10(12)16/h7-9,11,13H,2-6H2,1H3,(H2,12,16)(H,14,15). The van der Waals surface area contributed by atoms with E-state index in [2.05, 4.69) is 10.6 Å². The summed E-state index contributed by atoms with van der Waals surface area (Å²) in [6.07, 6.45) is 4.16. The molecule has 0 aliphatic carbocycles. The largest absolute Gasteiger partial charge is 0.370 e. The van der Waals surface area contributed by atoms with Crippen molar-refractivity contribution in [1.29, 1.82) is 0 Å². The summed E-state index contributed by atoms with van der Waals surface area (Å²) in [5.41, 5.74) is 5.10. The smallest absolute Gasteiger partial charge is 0.217 e. The molecule has 1 aliphatic rings. The molecule has 0 aromatic carbocycles. The summed E-state index contributed by atoms with van der Waals surface area (Å²) in [5.74, 6) is 0.722. The molecule has 2 amide bonds. The third-order valence-corrected chi connectivity index (χ3v) is 4.61. The van der Waals surface area contributed by atoms with Gasteiger partial charge in [0.05, 0.1) is 6.04 Å². The first kappa shape index (κ1) is 14.3. The number of carbonyl (C=O) groups excluding carboxylic acids is 2. The fraction of sp³-hybridized carbons (Fsp3) is 0.818. The lowest BCUT2D eigenvalue weighted by atomic mass is 10.0. The maximum absolute atomic E-state index is 10.6. The van der Waals surface area contributed by atoms with Crippen molar-refractivity contribution in [3.63, 3.8) is 0 Å². The van der Waals surface area contributed by atoms with Crippen molar-refractivity contribution < 1.29 is 9.59 Å². The van der Waals surface area contributed by atoms with Gasteiger partial charge in [-0.05, 0) is 19.9 Å². The molecule has 6 heteroatoms.